The standard InChI is InChI=1S/C21H22ClN5O3S2/c1-4-13-27-20(15-5-7-16(22)8-6-15)24-25-21(27)31-14-19(28)23-17-9-11-18(12-10-17)32(29,30)26(2)3/h4-12H,1,13-14H2,2-3H3,(H,23,28). The number of carbonyl (C=O) groups excluding carboxylic acids is 1. The average molecular weight is 492 g/mol. The molecule has 0 unspecified atom stereocenters. The Bertz CT molecular complexity index is 1210. The Kier molecular flexibility index (Phi) is 7.73. The Morgan fingerprint density at radius 3 is 2.41 bits per heavy atom. The zero-order chi connectivity index (χ0) is 23.3. The summed E-state index contributed by atoms with van der Waals surface area (Å²) in [4.78, 5) is 12.6. The molecule has 0 saturated carbocycles. The summed E-state index contributed by atoms with van der Waals surface area (Å²) in [5.41, 5.74) is 1.36. The van der Waals surface area contributed by atoms with Gasteiger partial charge in [-0.3, -0.25) is 9.36 Å². The highest BCUT2D eigenvalue weighted by atomic mass is 35.5. The third kappa shape index (κ3) is 5.57. The monoisotopic (exact) mass is 491 g/mol. The number of nitrogens with one attached hydrogen (secondary N) is 1. The van der Waals surface area contributed by atoms with Gasteiger partial charge in [0.2, 0.25) is 15.9 Å². The normalized spacial score (nSPS) is 11.5. The van der Waals surface area contributed by atoms with E-state index in [0.717, 1.165) is 9.87 Å². The Hall–Kier alpha value is -2.66. The molecule has 1 heterocycles. The fraction of sp³-hybridized carbons (Fsp3) is 0.190. The number of sulfonamides is 1. The molecule has 0 aliphatic carbocycles. The number of thioether (sulfide) groups is 1. The molecule has 1 N–H and O–H groups in total. The summed E-state index contributed by atoms with van der Waals surface area (Å²) in [5, 5.41) is 12.4. The zero-order valence-electron chi connectivity index (χ0n) is 17.5. The van der Waals surface area contributed by atoms with Crippen molar-refractivity contribution in [3.63, 3.8) is 0 Å². The van der Waals surface area contributed by atoms with Gasteiger partial charge < -0.3 is 5.32 Å². The number of rotatable bonds is 9. The Labute approximate surface area is 196 Å². The lowest BCUT2D eigenvalue weighted by Gasteiger charge is -2.12. The van der Waals surface area contributed by atoms with Gasteiger partial charge in [0.25, 0.3) is 0 Å². The molecule has 0 aliphatic rings. The van der Waals surface area contributed by atoms with Crippen LogP contribution in [0.1, 0.15) is 0 Å². The van der Waals surface area contributed by atoms with Gasteiger partial charge in [0.05, 0.1) is 10.6 Å². The molecule has 168 valence electrons. The van der Waals surface area contributed by atoms with Gasteiger partial charge in [-0.1, -0.05) is 29.4 Å². The summed E-state index contributed by atoms with van der Waals surface area (Å²) in [7, 11) is -0.591. The fourth-order valence-corrected chi connectivity index (χ4v) is 4.53. The average Bonchev–Trinajstić information content (AvgIpc) is 3.16. The molecule has 0 spiro atoms. The highest BCUT2D eigenvalue weighted by molar-refractivity contribution is 7.99. The summed E-state index contributed by atoms with van der Waals surface area (Å²) in [5.74, 6) is 0.509. The second kappa shape index (κ2) is 10.3. The lowest BCUT2D eigenvalue weighted by atomic mass is 10.2. The minimum Gasteiger partial charge on any atom is -0.325 e. The molecule has 3 aromatic rings. The Balaban J connectivity index is 1.67. The van der Waals surface area contributed by atoms with Crippen molar-refractivity contribution in [1.29, 1.82) is 0 Å². The number of amides is 1. The van der Waals surface area contributed by atoms with Crippen molar-refractivity contribution in [1.82, 2.24) is 19.1 Å². The number of anilines is 1. The van der Waals surface area contributed by atoms with E-state index in [1.165, 1.54) is 38.0 Å². The molecule has 0 radical (unpaired) electrons. The van der Waals surface area contributed by atoms with Gasteiger partial charge in [0, 0.05) is 36.9 Å². The molecular formula is C21H22ClN5O3S2. The van der Waals surface area contributed by atoms with Gasteiger partial charge in [-0.2, -0.15) is 0 Å². The highest BCUT2D eigenvalue weighted by Crippen LogP contribution is 2.25. The number of carbonyl (C=O) groups is 1. The van der Waals surface area contributed by atoms with Crippen molar-refractivity contribution >= 4 is 45.0 Å². The van der Waals surface area contributed by atoms with E-state index < -0.39 is 10.0 Å². The first-order valence-corrected chi connectivity index (χ1v) is 12.3. The summed E-state index contributed by atoms with van der Waals surface area (Å²) >= 11 is 7.21. The predicted octanol–water partition coefficient (Wildman–Crippen LogP) is 3.77. The summed E-state index contributed by atoms with van der Waals surface area (Å²) in [6.07, 6.45) is 1.73. The predicted molar refractivity (Wildman–Crippen MR) is 127 cm³/mol. The third-order valence-electron chi connectivity index (χ3n) is 4.38. The highest BCUT2D eigenvalue weighted by Gasteiger charge is 2.18. The van der Waals surface area contributed by atoms with Crippen LogP contribution < -0.4 is 5.32 Å². The van der Waals surface area contributed by atoms with Crippen LogP contribution >= 0.6 is 23.4 Å². The third-order valence-corrected chi connectivity index (χ3v) is 7.43. The van der Waals surface area contributed by atoms with Gasteiger partial charge >= 0.3 is 0 Å². The summed E-state index contributed by atoms with van der Waals surface area (Å²) in [6.45, 7) is 4.26. The smallest absolute Gasteiger partial charge is 0.242 e. The molecular weight excluding hydrogens is 470 g/mol. The number of halogens is 1. The molecule has 0 bridgehead atoms. The second-order valence-corrected chi connectivity index (χ2v) is 10.4. The van der Waals surface area contributed by atoms with Crippen molar-refractivity contribution in [2.45, 2.75) is 16.6 Å². The molecule has 8 nitrogen and oxygen atoms in total. The van der Waals surface area contributed by atoms with Crippen LogP contribution in [-0.4, -0.2) is 53.2 Å². The van der Waals surface area contributed by atoms with Crippen LogP contribution in [0.15, 0.2) is 71.2 Å². The maximum Gasteiger partial charge on any atom is 0.242 e. The maximum absolute atomic E-state index is 12.4. The number of hydrogen-bond acceptors (Lipinski definition) is 6. The van der Waals surface area contributed by atoms with Crippen LogP contribution in [0.4, 0.5) is 5.69 Å². The lowest BCUT2D eigenvalue weighted by Crippen LogP contribution is -2.22. The van der Waals surface area contributed by atoms with Crippen LogP contribution in [0.5, 0.6) is 0 Å². The van der Waals surface area contributed by atoms with Gasteiger partial charge in [0.1, 0.15) is 0 Å². The molecule has 0 aliphatic heterocycles. The molecule has 1 aromatic heterocycles. The summed E-state index contributed by atoms with van der Waals surface area (Å²) < 4.78 is 27.3. The van der Waals surface area contributed by atoms with E-state index in [2.05, 4.69) is 22.1 Å². The first-order valence-electron chi connectivity index (χ1n) is 9.47. The number of benzene rings is 2. The second-order valence-electron chi connectivity index (χ2n) is 6.86. The number of allylic oxidation sites excluding steroid dienone is 1. The van der Waals surface area contributed by atoms with Crippen molar-refractivity contribution in [2.24, 2.45) is 0 Å². The van der Waals surface area contributed by atoms with E-state index in [-0.39, 0.29) is 16.6 Å². The van der Waals surface area contributed by atoms with E-state index in [0.29, 0.717) is 28.2 Å². The van der Waals surface area contributed by atoms with Crippen LogP contribution in [0.3, 0.4) is 0 Å². The van der Waals surface area contributed by atoms with Crippen LogP contribution in [0, 0.1) is 0 Å². The maximum atomic E-state index is 12.4. The van der Waals surface area contributed by atoms with Gasteiger partial charge in [0.15, 0.2) is 11.0 Å². The SMILES string of the molecule is C=CCn1c(SCC(=O)Nc2ccc(S(=O)(=O)N(C)C)cc2)nnc1-c1ccc(Cl)cc1. The van der Waals surface area contributed by atoms with Crippen molar-refractivity contribution in [2.75, 3.05) is 25.2 Å². The summed E-state index contributed by atoms with van der Waals surface area (Å²) in [6, 6.07) is 13.3. The van der Waals surface area contributed by atoms with Gasteiger partial charge in [-0.05, 0) is 48.5 Å². The number of hydrogen-bond donors (Lipinski definition) is 1. The molecule has 0 saturated heterocycles. The van der Waals surface area contributed by atoms with Gasteiger partial charge in [-0.15, -0.1) is 16.8 Å². The lowest BCUT2D eigenvalue weighted by molar-refractivity contribution is -0.113. The quantitative estimate of drug-likeness (QED) is 0.361. The molecule has 32 heavy (non-hydrogen) atoms. The van der Waals surface area contributed by atoms with E-state index >= 15 is 0 Å². The zero-order valence-corrected chi connectivity index (χ0v) is 19.9. The van der Waals surface area contributed by atoms with E-state index in [4.69, 9.17) is 11.6 Å². The van der Waals surface area contributed by atoms with Crippen molar-refractivity contribution in [3.8, 4) is 11.4 Å². The van der Waals surface area contributed by atoms with Crippen LogP contribution in [-0.2, 0) is 21.4 Å². The topological polar surface area (TPSA) is 97.2 Å². The molecule has 0 atom stereocenters. The molecule has 3 rings (SSSR count). The number of aromatic nitrogens is 3. The van der Waals surface area contributed by atoms with Crippen molar-refractivity contribution in [3.05, 3.63) is 66.2 Å². The van der Waals surface area contributed by atoms with Crippen molar-refractivity contribution < 1.29 is 13.2 Å². The molecule has 1 amide bonds. The fourth-order valence-electron chi connectivity index (χ4n) is 2.75. The van der Waals surface area contributed by atoms with Crippen LogP contribution in [0.2, 0.25) is 5.02 Å². The Morgan fingerprint density at radius 1 is 1.16 bits per heavy atom. The first kappa shape index (κ1) is 24.0. The largest absolute Gasteiger partial charge is 0.325 e. The van der Waals surface area contributed by atoms with Crippen LogP contribution in [0.25, 0.3) is 11.4 Å². The molecule has 11 heteroatoms. The number of nitrogens with zero attached hydrogens (tertiary/aromatic N) is 4. The van der Waals surface area contributed by atoms with Gasteiger partial charge in [-0.25, -0.2) is 12.7 Å². The van der Waals surface area contributed by atoms with E-state index in [1.54, 1.807) is 30.3 Å². The molecule has 2 aromatic carbocycles. The minimum atomic E-state index is -3.52. The minimum absolute atomic E-state index is 0.105. The first-order chi connectivity index (χ1) is 15.2. The molecule has 0 fully saturated rings. The Morgan fingerprint density at radius 2 is 1.81 bits per heavy atom. The van der Waals surface area contributed by atoms with E-state index in [1.807, 2.05) is 16.7 Å². The van der Waals surface area contributed by atoms with E-state index in [9.17, 15) is 13.2 Å².